The van der Waals surface area contributed by atoms with Crippen LogP contribution in [0.15, 0.2) is 0 Å². The average molecular weight is 277 g/mol. The average Bonchev–Trinajstić information content (AvgIpc) is 2.86. The summed E-state index contributed by atoms with van der Waals surface area (Å²) < 4.78 is 0. The summed E-state index contributed by atoms with van der Waals surface area (Å²) in [7, 11) is 0. The van der Waals surface area contributed by atoms with Crippen LogP contribution in [0.4, 0.5) is 0 Å². The van der Waals surface area contributed by atoms with Gasteiger partial charge in [-0.15, -0.1) is 0 Å². The first-order valence-electron chi connectivity index (χ1n) is 8.52. The molecule has 0 bridgehead atoms. The van der Waals surface area contributed by atoms with Crippen molar-refractivity contribution in [1.29, 1.82) is 0 Å². The molecule has 4 aliphatic rings. The fourth-order valence-electron chi connectivity index (χ4n) is 4.84. The molecule has 4 fully saturated rings. The molecule has 4 rings (SSSR count). The monoisotopic (exact) mass is 277 g/mol. The third-order valence-electron chi connectivity index (χ3n) is 6.23. The van der Waals surface area contributed by atoms with Crippen LogP contribution in [0.2, 0.25) is 0 Å². The molecule has 2 unspecified atom stereocenters. The highest BCUT2D eigenvalue weighted by Gasteiger charge is 2.59. The smallest absolute Gasteiger partial charge is 0.226 e. The van der Waals surface area contributed by atoms with E-state index in [0.717, 1.165) is 39.3 Å². The molecule has 2 atom stereocenters. The summed E-state index contributed by atoms with van der Waals surface area (Å²) in [5, 5.41) is 3.41. The normalized spacial score (nSPS) is 36.7. The minimum absolute atomic E-state index is 0.395. The first kappa shape index (κ1) is 13.1. The SMILES string of the molecule is O=C(C1CC12CCCC2)N1CCC(N2CCNCC2)C1. The fourth-order valence-corrected chi connectivity index (χ4v) is 4.84. The Balaban J connectivity index is 1.33. The Labute approximate surface area is 121 Å². The van der Waals surface area contributed by atoms with E-state index in [1.54, 1.807) is 0 Å². The van der Waals surface area contributed by atoms with E-state index in [4.69, 9.17) is 0 Å². The topological polar surface area (TPSA) is 35.6 Å². The molecule has 2 aliphatic carbocycles. The molecule has 0 aromatic rings. The Morgan fingerprint density at radius 2 is 1.85 bits per heavy atom. The van der Waals surface area contributed by atoms with Crippen molar-refractivity contribution in [2.75, 3.05) is 39.3 Å². The zero-order valence-corrected chi connectivity index (χ0v) is 12.4. The zero-order valence-electron chi connectivity index (χ0n) is 12.4. The maximum Gasteiger partial charge on any atom is 0.226 e. The van der Waals surface area contributed by atoms with E-state index in [2.05, 4.69) is 15.1 Å². The second-order valence-corrected chi connectivity index (χ2v) is 7.34. The number of hydrogen-bond donors (Lipinski definition) is 1. The molecule has 112 valence electrons. The molecule has 4 heteroatoms. The summed E-state index contributed by atoms with van der Waals surface area (Å²) in [4.78, 5) is 17.5. The molecular weight excluding hydrogens is 250 g/mol. The van der Waals surface area contributed by atoms with E-state index in [1.807, 2.05) is 0 Å². The molecular formula is C16H27N3O. The summed E-state index contributed by atoms with van der Waals surface area (Å²) in [5.74, 6) is 0.885. The highest BCUT2D eigenvalue weighted by molar-refractivity contribution is 5.83. The molecule has 20 heavy (non-hydrogen) atoms. The Kier molecular flexibility index (Phi) is 3.26. The summed E-state index contributed by atoms with van der Waals surface area (Å²) >= 11 is 0. The number of likely N-dealkylation sites (tertiary alicyclic amines) is 1. The molecule has 0 aromatic heterocycles. The summed E-state index contributed by atoms with van der Waals surface area (Å²) in [6.45, 7) is 6.51. The van der Waals surface area contributed by atoms with E-state index < -0.39 is 0 Å². The highest BCUT2D eigenvalue weighted by atomic mass is 16.2. The third-order valence-corrected chi connectivity index (χ3v) is 6.23. The van der Waals surface area contributed by atoms with Crippen LogP contribution in [0.5, 0.6) is 0 Å². The van der Waals surface area contributed by atoms with Crippen LogP contribution in [0.3, 0.4) is 0 Å². The van der Waals surface area contributed by atoms with Crippen LogP contribution in [0.1, 0.15) is 38.5 Å². The number of carbonyl (C=O) groups excluding carboxylic acids is 1. The van der Waals surface area contributed by atoms with E-state index in [-0.39, 0.29) is 0 Å². The van der Waals surface area contributed by atoms with Crippen molar-refractivity contribution in [2.45, 2.75) is 44.6 Å². The molecule has 2 heterocycles. The van der Waals surface area contributed by atoms with Gasteiger partial charge in [-0.1, -0.05) is 12.8 Å². The van der Waals surface area contributed by atoms with Gasteiger partial charge >= 0.3 is 0 Å². The number of rotatable bonds is 2. The highest BCUT2D eigenvalue weighted by Crippen LogP contribution is 2.63. The molecule has 4 nitrogen and oxygen atoms in total. The zero-order chi connectivity index (χ0) is 13.6. The molecule has 2 aliphatic heterocycles. The predicted molar refractivity (Wildman–Crippen MR) is 78.4 cm³/mol. The second kappa shape index (κ2) is 4.99. The van der Waals surface area contributed by atoms with Crippen molar-refractivity contribution in [1.82, 2.24) is 15.1 Å². The van der Waals surface area contributed by atoms with Crippen molar-refractivity contribution < 1.29 is 4.79 Å². The van der Waals surface area contributed by atoms with Gasteiger partial charge in [0, 0.05) is 51.2 Å². The van der Waals surface area contributed by atoms with Gasteiger partial charge in [0.05, 0.1) is 0 Å². The Hall–Kier alpha value is -0.610. The lowest BCUT2D eigenvalue weighted by atomic mass is 10.0. The quantitative estimate of drug-likeness (QED) is 0.820. The number of piperazine rings is 1. The minimum Gasteiger partial charge on any atom is -0.341 e. The third kappa shape index (κ3) is 2.17. The van der Waals surface area contributed by atoms with E-state index in [1.165, 1.54) is 38.5 Å². The number of nitrogens with zero attached hydrogens (tertiary/aromatic N) is 2. The molecule has 1 N–H and O–H groups in total. The molecule has 0 aromatic carbocycles. The van der Waals surface area contributed by atoms with Crippen molar-refractivity contribution in [3.05, 3.63) is 0 Å². The lowest BCUT2D eigenvalue weighted by Gasteiger charge is -2.32. The van der Waals surface area contributed by atoms with Crippen LogP contribution >= 0.6 is 0 Å². The first-order valence-corrected chi connectivity index (χ1v) is 8.52. The van der Waals surface area contributed by atoms with Gasteiger partial charge in [0.2, 0.25) is 5.91 Å². The van der Waals surface area contributed by atoms with Crippen LogP contribution in [-0.2, 0) is 4.79 Å². The number of hydrogen-bond acceptors (Lipinski definition) is 3. The summed E-state index contributed by atoms with van der Waals surface area (Å²) in [6.07, 6.45) is 7.73. The van der Waals surface area contributed by atoms with Crippen LogP contribution < -0.4 is 5.32 Å². The fraction of sp³-hybridized carbons (Fsp3) is 0.938. The van der Waals surface area contributed by atoms with E-state index in [0.29, 0.717) is 23.3 Å². The number of amides is 1. The Bertz CT molecular complexity index is 385. The van der Waals surface area contributed by atoms with E-state index in [9.17, 15) is 4.79 Å². The minimum atomic E-state index is 0.395. The second-order valence-electron chi connectivity index (χ2n) is 7.34. The van der Waals surface area contributed by atoms with Crippen LogP contribution in [0.25, 0.3) is 0 Å². The molecule has 0 radical (unpaired) electrons. The summed E-state index contributed by atoms with van der Waals surface area (Å²) in [5.41, 5.74) is 0.463. The summed E-state index contributed by atoms with van der Waals surface area (Å²) in [6, 6.07) is 0.624. The molecule has 1 amide bonds. The van der Waals surface area contributed by atoms with Gasteiger partial charge in [-0.3, -0.25) is 9.69 Å². The van der Waals surface area contributed by atoms with Gasteiger partial charge in [-0.2, -0.15) is 0 Å². The first-order chi connectivity index (χ1) is 9.78. The number of nitrogens with one attached hydrogen (secondary N) is 1. The maximum atomic E-state index is 12.7. The van der Waals surface area contributed by atoms with Gasteiger partial charge in [0.1, 0.15) is 0 Å². The van der Waals surface area contributed by atoms with Crippen molar-refractivity contribution in [3.63, 3.8) is 0 Å². The van der Waals surface area contributed by atoms with Gasteiger partial charge < -0.3 is 10.2 Å². The lowest BCUT2D eigenvalue weighted by molar-refractivity contribution is -0.132. The van der Waals surface area contributed by atoms with Gasteiger partial charge in [-0.05, 0) is 31.1 Å². The molecule has 1 spiro atoms. The standard InChI is InChI=1S/C16H27N3O/c20-15(14-11-16(14)4-1-2-5-16)19-8-3-13(12-19)18-9-6-17-7-10-18/h13-14,17H,1-12H2. The predicted octanol–water partition coefficient (Wildman–Crippen LogP) is 1.07. The largest absolute Gasteiger partial charge is 0.341 e. The van der Waals surface area contributed by atoms with Crippen LogP contribution in [0, 0.1) is 11.3 Å². The van der Waals surface area contributed by atoms with Crippen LogP contribution in [-0.4, -0.2) is 61.0 Å². The Morgan fingerprint density at radius 1 is 1.10 bits per heavy atom. The van der Waals surface area contributed by atoms with Crippen molar-refractivity contribution in [2.24, 2.45) is 11.3 Å². The van der Waals surface area contributed by atoms with E-state index >= 15 is 0 Å². The van der Waals surface area contributed by atoms with Gasteiger partial charge in [0.15, 0.2) is 0 Å². The van der Waals surface area contributed by atoms with Gasteiger partial charge in [-0.25, -0.2) is 0 Å². The van der Waals surface area contributed by atoms with Gasteiger partial charge in [0.25, 0.3) is 0 Å². The maximum absolute atomic E-state index is 12.7. The number of carbonyl (C=O) groups is 1. The molecule has 2 saturated carbocycles. The molecule has 2 saturated heterocycles. The van der Waals surface area contributed by atoms with Crippen molar-refractivity contribution in [3.8, 4) is 0 Å². The lowest BCUT2D eigenvalue weighted by Crippen LogP contribution is -2.49. The van der Waals surface area contributed by atoms with Crippen molar-refractivity contribution >= 4 is 5.91 Å². The Morgan fingerprint density at radius 3 is 2.60 bits per heavy atom.